The van der Waals surface area contributed by atoms with E-state index < -0.39 is 11.9 Å². The lowest BCUT2D eigenvalue weighted by molar-refractivity contribution is -0.138. The van der Waals surface area contributed by atoms with E-state index in [9.17, 15) is 14.7 Å². The Kier molecular flexibility index (Phi) is 7.44. The van der Waals surface area contributed by atoms with Crippen molar-refractivity contribution >= 4 is 11.9 Å². The number of aromatic nitrogens is 1. The van der Waals surface area contributed by atoms with E-state index in [0.717, 1.165) is 12.8 Å². The van der Waals surface area contributed by atoms with Gasteiger partial charge in [0, 0.05) is 43.9 Å². The van der Waals surface area contributed by atoms with Crippen molar-refractivity contribution in [1.29, 1.82) is 0 Å². The van der Waals surface area contributed by atoms with Gasteiger partial charge >= 0.3 is 5.97 Å². The number of hydrogen-bond acceptors (Lipinski definition) is 5. The predicted octanol–water partition coefficient (Wildman–Crippen LogP) is 3.33. The maximum atomic E-state index is 13.0. The number of carboxylic acids is 1. The molecule has 1 amide bonds. The fraction of sp³-hybridized carbons (Fsp3) is 0.478. The summed E-state index contributed by atoms with van der Waals surface area (Å²) in [7, 11) is 4.52. The van der Waals surface area contributed by atoms with Crippen LogP contribution < -0.4 is 14.2 Å². The maximum Gasteiger partial charge on any atom is 0.303 e. The van der Waals surface area contributed by atoms with E-state index in [4.69, 9.17) is 14.2 Å². The second-order valence-corrected chi connectivity index (χ2v) is 7.70. The molecule has 0 aliphatic carbocycles. The number of hydrogen-bond donors (Lipinski definition) is 1. The van der Waals surface area contributed by atoms with Gasteiger partial charge < -0.3 is 28.8 Å². The Hall–Kier alpha value is -3.16. The van der Waals surface area contributed by atoms with Crippen LogP contribution in [0.3, 0.4) is 0 Å². The number of ether oxygens (including phenoxy) is 3. The van der Waals surface area contributed by atoms with Crippen molar-refractivity contribution in [1.82, 2.24) is 9.47 Å². The van der Waals surface area contributed by atoms with E-state index in [0.29, 0.717) is 41.9 Å². The maximum absolute atomic E-state index is 13.0. The zero-order valence-electron chi connectivity index (χ0n) is 18.2. The Morgan fingerprint density at radius 3 is 2.06 bits per heavy atom. The van der Waals surface area contributed by atoms with E-state index in [1.165, 1.54) is 21.3 Å². The Morgan fingerprint density at radius 2 is 1.58 bits per heavy atom. The molecule has 31 heavy (non-hydrogen) atoms. The molecule has 1 saturated heterocycles. The third kappa shape index (κ3) is 5.31. The van der Waals surface area contributed by atoms with Gasteiger partial charge in [0.05, 0.1) is 27.8 Å². The Morgan fingerprint density at radius 1 is 1.00 bits per heavy atom. The third-order valence-corrected chi connectivity index (χ3v) is 5.87. The predicted molar refractivity (Wildman–Crippen MR) is 115 cm³/mol. The molecular weight excluding hydrogens is 400 g/mol. The normalized spacial score (nSPS) is 15.4. The second-order valence-electron chi connectivity index (χ2n) is 7.70. The number of rotatable bonds is 9. The van der Waals surface area contributed by atoms with Crippen LogP contribution in [0.15, 0.2) is 36.7 Å². The molecule has 0 spiro atoms. The van der Waals surface area contributed by atoms with Crippen LogP contribution in [0, 0.1) is 0 Å². The van der Waals surface area contributed by atoms with Crippen LogP contribution in [0.2, 0.25) is 0 Å². The topological polar surface area (TPSA) is 90.2 Å². The molecule has 3 rings (SSSR count). The van der Waals surface area contributed by atoms with E-state index >= 15 is 0 Å². The molecule has 1 aromatic heterocycles. The molecule has 0 radical (unpaired) electrons. The number of carbonyl (C=O) groups excluding carboxylic acids is 1. The molecule has 2 heterocycles. The fourth-order valence-electron chi connectivity index (χ4n) is 4.20. The van der Waals surface area contributed by atoms with Crippen molar-refractivity contribution in [2.24, 2.45) is 0 Å². The molecule has 8 heteroatoms. The molecular formula is C23H30N2O6. The highest BCUT2D eigenvalue weighted by Crippen LogP contribution is 2.41. The van der Waals surface area contributed by atoms with E-state index in [1.54, 1.807) is 12.1 Å². The summed E-state index contributed by atoms with van der Waals surface area (Å²) in [5.74, 6) is -0.189. The minimum atomic E-state index is -0.960. The molecule has 0 bridgehead atoms. The summed E-state index contributed by atoms with van der Waals surface area (Å²) in [6.45, 7) is 1.33. The lowest BCUT2D eigenvalue weighted by Crippen LogP contribution is -2.39. The molecule has 1 aliphatic rings. The zero-order valence-corrected chi connectivity index (χ0v) is 18.2. The van der Waals surface area contributed by atoms with E-state index in [1.807, 2.05) is 17.0 Å². The molecule has 1 aliphatic heterocycles. The molecule has 168 valence electrons. The third-order valence-electron chi connectivity index (χ3n) is 5.87. The number of methoxy groups -OCH3 is 3. The van der Waals surface area contributed by atoms with Gasteiger partial charge in [-0.25, -0.2) is 0 Å². The van der Waals surface area contributed by atoms with Crippen LogP contribution in [-0.4, -0.2) is 60.9 Å². The summed E-state index contributed by atoms with van der Waals surface area (Å²) in [5, 5.41) is 9.45. The van der Waals surface area contributed by atoms with Crippen LogP contribution >= 0.6 is 0 Å². The first-order chi connectivity index (χ1) is 15.0. The highest BCUT2D eigenvalue weighted by Gasteiger charge is 2.28. The molecule has 0 unspecified atom stereocenters. The molecule has 2 aromatic rings. The van der Waals surface area contributed by atoms with Crippen molar-refractivity contribution in [2.45, 2.75) is 37.6 Å². The molecule has 1 N–H and O–H groups in total. The van der Waals surface area contributed by atoms with Crippen molar-refractivity contribution in [3.63, 3.8) is 0 Å². The summed E-state index contributed by atoms with van der Waals surface area (Å²) >= 11 is 0. The van der Waals surface area contributed by atoms with Gasteiger partial charge in [0.2, 0.25) is 11.7 Å². The summed E-state index contributed by atoms with van der Waals surface area (Å²) in [5.41, 5.74) is 0.674. The van der Waals surface area contributed by atoms with Gasteiger partial charge in [-0.05, 0) is 42.7 Å². The van der Waals surface area contributed by atoms with Gasteiger partial charge in [-0.1, -0.05) is 0 Å². The number of carboxylic acid groups (broad SMARTS) is 1. The van der Waals surface area contributed by atoms with Gasteiger partial charge in [0.25, 0.3) is 0 Å². The molecule has 1 fully saturated rings. The van der Waals surface area contributed by atoms with Gasteiger partial charge in [-0.3, -0.25) is 9.59 Å². The van der Waals surface area contributed by atoms with Crippen LogP contribution in [-0.2, 0) is 9.59 Å². The van der Waals surface area contributed by atoms with E-state index in [2.05, 4.69) is 17.0 Å². The molecule has 8 nitrogen and oxygen atoms in total. The van der Waals surface area contributed by atoms with Crippen LogP contribution in [0.5, 0.6) is 17.2 Å². The summed E-state index contributed by atoms with van der Waals surface area (Å²) in [4.78, 5) is 26.4. The smallest absolute Gasteiger partial charge is 0.303 e. The highest BCUT2D eigenvalue weighted by atomic mass is 16.5. The van der Waals surface area contributed by atoms with Crippen molar-refractivity contribution in [3.05, 3.63) is 42.2 Å². The quantitative estimate of drug-likeness (QED) is 0.656. The van der Waals surface area contributed by atoms with Crippen LogP contribution in [0.25, 0.3) is 0 Å². The largest absolute Gasteiger partial charge is 0.493 e. The van der Waals surface area contributed by atoms with Crippen LogP contribution in [0.1, 0.15) is 43.2 Å². The number of nitrogens with zero attached hydrogens (tertiary/aromatic N) is 2. The van der Waals surface area contributed by atoms with Crippen molar-refractivity contribution in [3.8, 4) is 17.2 Å². The number of amides is 1. The zero-order chi connectivity index (χ0) is 22.4. The molecule has 1 atom stereocenters. The van der Waals surface area contributed by atoms with Crippen molar-refractivity contribution < 1.29 is 28.9 Å². The number of likely N-dealkylation sites (tertiary alicyclic amines) is 1. The Balaban J connectivity index is 1.74. The first kappa shape index (κ1) is 22.5. The van der Waals surface area contributed by atoms with Crippen molar-refractivity contribution in [2.75, 3.05) is 34.4 Å². The molecule has 1 aromatic carbocycles. The van der Waals surface area contributed by atoms with Gasteiger partial charge in [-0.15, -0.1) is 0 Å². The molecule has 0 saturated carbocycles. The summed E-state index contributed by atoms with van der Waals surface area (Å²) in [6, 6.07) is 7.85. The number of aliphatic carboxylic acids is 1. The summed E-state index contributed by atoms with van der Waals surface area (Å²) < 4.78 is 18.3. The SMILES string of the molecule is COc1cc([C@@H](CC(=O)O)CC(=O)N2CCC(n3cccc3)CC2)cc(OC)c1OC. The first-order valence-electron chi connectivity index (χ1n) is 10.4. The van der Waals surface area contributed by atoms with Gasteiger partial charge in [0.15, 0.2) is 11.5 Å². The minimum Gasteiger partial charge on any atom is -0.493 e. The Labute approximate surface area is 182 Å². The summed E-state index contributed by atoms with van der Waals surface area (Å²) in [6.07, 6.45) is 5.82. The highest BCUT2D eigenvalue weighted by molar-refractivity contribution is 5.79. The number of piperidine rings is 1. The number of benzene rings is 1. The average Bonchev–Trinajstić information content (AvgIpc) is 3.32. The fourth-order valence-corrected chi connectivity index (χ4v) is 4.20. The second kappa shape index (κ2) is 10.2. The first-order valence-corrected chi connectivity index (χ1v) is 10.4. The van der Waals surface area contributed by atoms with E-state index in [-0.39, 0.29) is 18.7 Å². The Bertz CT molecular complexity index is 862. The van der Waals surface area contributed by atoms with Gasteiger partial charge in [-0.2, -0.15) is 0 Å². The number of carbonyl (C=O) groups is 2. The minimum absolute atomic E-state index is 0.0362. The van der Waals surface area contributed by atoms with Crippen LogP contribution in [0.4, 0.5) is 0 Å². The standard InChI is InChI=1S/C23H30N2O6/c1-29-19-12-16(13-20(30-2)23(19)31-3)17(15-22(27)28)14-21(26)25-10-6-18(7-11-25)24-8-4-5-9-24/h4-5,8-9,12-13,17-18H,6-7,10-11,14-15H2,1-3H3,(H,27,28)/t17-/m1/s1. The lowest BCUT2D eigenvalue weighted by Gasteiger charge is -2.33. The monoisotopic (exact) mass is 430 g/mol. The lowest BCUT2D eigenvalue weighted by atomic mass is 9.90. The van der Waals surface area contributed by atoms with Gasteiger partial charge in [0.1, 0.15) is 0 Å². The average molecular weight is 431 g/mol.